The van der Waals surface area contributed by atoms with Gasteiger partial charge in [-0.05, 0) is 30.9 Å². The fraction of sp³-hybridized carbons (Fsp3) is 0.433. The van der Waals surface area contributed by atoms with Gasteiger partial charge in [-0.25, -0.2) is 0 Å². The lowest BCUT2D eigenvalue weighted by molar-refractivity contribution is -0.134. The number of hydrogen-bond acceptors (Lipinski definition) is 9. The summed E-state index contributed by atoms with van der Waals surface area (Å²) in [7, 11) is 2.81. The van der Waals surface area contributed by atoms with Gasteiger partial charge < -0.3 is 24.2 Å². The Morgan fingerprint density at radius 3 is 2.78 bits per heavy atom. The van der Waals surface area contributed by atoms with Gasteiger partial charge in [-0.2, -0.15) is 0 Å². The van der Waals surface area contributed by atoms with Crippen LogP contribution in [0.15, 0.2) is 46.9 Å². The lowest BCUT2D eigenvalue weighted by Crippen LogP contribution is -2.52. The molecule has 1 aromatic heterocycles. The summed E-state index contributed by atoms with van der Waals surface area (Å²) in [6, 6.07) is 5.29. The summed E-state index contributed by atoms with van der Waals surface area (Å²) >= 11 is 6.47. The molecule has 3 heterocycles. The van der Waals surface area contributed by atoms with E-state index in [1.54, 1.807) is 19.3 Å². The Kier molecular flexibility index (Phi) is 8.04. The number of aliphatic imine (C=N–C) groups is 1. The number of aliphatic hydroxyl groups excluding tert-OH is 1. The largest absolute Gasteiger partial charge is 0.507 e. The molecule has 2 aromatic rings. The summed E-state index contributed by atoms with van der Waals surface area (Å²) in [4.78, 5) is 50.3. The van der Waals surface area contributed by atoms with Crippen molar-refractivity contribution in [1.82, 2.24) is 9.88 Å². The van der Waals surface area contributed by atoms with Crippen LogP contribution in [-0.2, 0) is 9.59 Å². The average Bonchev–Trinajstić information content (AvgIpc) is 3.31. The Balaban J connectivity index is 1.37. The standard InChI is InChI=1S/C30H32ClN3O7/c1-17-13-21(35)19(16-33-11-9-24(36)34-12-5-4-8-20(34)18-7-6-10-32-15-18)28(37)30(17)29(38)25-22(39-2)14-23(40-3)26(31)27(25)41-30/h6-7,10,14-17,20,37H,4-5,8-9,11-13H2,1-3H3. The van der Waals surface area contributed by atoms with Crippen molar-refractivity contribution < 1.29 is 33.7 Å². The summed E-state index contributed by atoms with van der Waals surface area (Å²) in [6.07, 6.45) is 7.62. The number of halogens is 1. The zero-order chi connectivity index (χ0) is 29.3. The summed E-state index contributed by atoms with van der Waals surface area (Å²) in [5.41, 5.74) is -0.938. The molecule has 1 spiro atoms. The fourth-order valence-corrected chi connectivity index (χ4v) is 6.19. The lowest BCUT2D eigenvalue weighted by Gasteiger charge is -2.36. The number of fused-ring (bicyclic) bond motifs is 1. The molecule has 0 bridgehead atoms. The molecule has 1 fully saturated rings. The minimum Gasteiger partial charge on any atom is -0.507 e. The SMILES string of the molecule is COc1cc(OC)c2c(c1Cl)OC1(C2=O)C(O)=C(C=NCCC(=O)N2CCCCC2c2cccnc2)C(=O)CC1C. The summed E-state index contributed by atoms with van der Waals surface area (Å²) in [5, 5.41) is 11.4. The number of Topliss-reactive ketones (excluding diaryl/α,β-unsaturated/α-hetero) is 2. The predicted molar refractivity (Wildman–Crippen MR) is 151 cm³/mol. The second-order valence-electron chi connectivity index (χ2n) is 10.4. The molecule has 11 heteroatoms. The molecule has 0 radical (unpaired) electrons. The molecule has 1 aliphatic carbocycles. The van der Waals surface area contributed by atoms with Gasteiger partial charge in [0.15, 0.2) is 17.3 Å². The molecule has 1 aromatic carbocycles. The Hall–Kier alpha value is -3.92. The third kappa shape index (κ3) is 4.84. The minimum absolute atomic E-state index is 0.0206. The third-order valence-electron chi connectivity index (χ3n) is 8.08. The molecule has 3 unspecified atom stereocenters. The van der Waals surface area contributed by atoms with Crippen molar-refractivity contribution >= 4 is 35.3 Å². The smallest absolute Gasteiger partial charge is 0.231 e. The van der Waals surface area contributed by atoms with E-state index in [0.717, 1.165) is 24.8 Å². The van der Waals surface area contributed by atoms with Crippen LogP contribution in [0.3, 0.4) is 0 Å². The molecule has 1 saturated heterocycles. The van der Waals surface area contributed by atoms with Gasteiger partial charge in [0.25, 0.3) is 0 Å². The molecule has 41 heavy (non-hydrogen) atoms. The highest BCUT2D eigenvalue weighted by Gasteiger charge is 2.60. The number of ether oxygens (including phenoxy) is 3. The molecule has 1 N–H and O–H groups in total. The Morgan fingerprint density at radius 2 is 2.07 bits per heavy atom. The van der Waals surface area contributed by atoms with Crippen molar-refractivity contribution in [1.29, 1.82) is 0 Å². The highest BCUT2D eigenvalue weighted by molar-refractivity contribution is 6.35. The third-order valence-corrected chi connectivity index (χ3v) is 8.44. The minimum atomic E-state index is -1.87. The van der Waals surface area contributed by atoms with Crippen molar-refractivity contribution in [2.45, 2.75) is 50.7 Å². The van der Waals surface area contributed by atoms with Crippen molar-refractivity contribution in [3.63, 3.8) is 0 Å². The number of allylic oxidation sites excluding steroid dienone is 1. The first-order valence-corrected chi connectivity index (χ1v) is 14.0. The van der Waals surface area contributed by atoms with E-state index in [0.29, 0.717) is 6.54 Å². The summed E-state index contributed by atoms with van der Waals surface area (Å²) in [6.45, 7) is 2.41. The molecule has 2 aliphatic heterocycles. The number of carbonyl (C=O) groups excluding carboxylic acids is 3. The van der Waals surface area contributed by atoms with Gasteiger partial charge in [-0.1, -0.05) is 24.6 Å². The van der Waals surface area contributed by atoms with Gasteiger partial charge in [0.2, 0.25) is 17.3 Å². The number of likely N-dealkylation sites (tertiary alicyclic amines) is 1. The lowest BCUT2D eigenvalue weighted by atomic mass is 9.73. The van der Waals surface area contributed by atoms with Gasteiger partial charge in [0, 0.05) is 56.5 Å². The Labute approximate surface area is 243 Å². The molecule has 5 rings (SSSR count). The number of methoxy groups -OCH3 is 2. The summed E-state index contributed by atoms with van der Waals surface area (Å²) < 4.78 is 16.8. The Morgan fingerprint density at radius 1 is 1.29 bits per heavy atom. The van der Waals surface area contributed by atoms with E-state index in [-0.39, 0.29) is 70.5 Å². The van der Waals surface area contributed by atoms with Crippen molar-refractivity contribution in [3.05, 3.63) is 58.1 Å². The molecule has 0 saturated carbocycles. The number of aromatic nitrogens is 1. The van der Waals surface area contributed by atoms with E-state index >= 15 is 0 Å². The molecule has 10 nitrogen and oxygen atoms in total. The number of amides is 1. The van der Waals surface area contributed by atoms with E-state index < -0.39 is 23.1 Å². The van der Waals surface area contributed by atoms with E-state index in [4.69, 9.17) is 25.8 Å². The number of benzene rings is 1. The normalized spacial score (nSPS) is 24.1. The van der Waals surface area contributed by atoms with Crippen LogP contribution < -0.4 is 14.2 Å². The van der Waals surface area contributed by atoms with Crippen LogP contribution in [0.2, 0.25) is 5.02 Å². The van der Waals surface area contributed by atoms with Gasteiger partial charge in [-0.3, -0.25) is 24.4 Å². The monoisotopic (exact) mass is 581 g/mol. The maximum atomic E-state index is 13.8. The first-order chi connectivity index (χ1) is 19.7. The second-order valence-corrected chi connectivity index (χ2v) is 10.8. The van der Waals surface area contributed by atoms with Crippen LogP contribution >= 0.6 is 11.6 Å². The zero-order valence-corrected chi connectivity index (χ0v) is 23.9. The van der Waals surface area contributed by atoms with Gasteiger partial charge in [0.05, 0.1) is 25.8 Å². The van der Waals surface area contributed by atoms with E-state index in [1.807, 2.05) is 17.0 Å². The van der Waals surface area contributed by atoms with Gasteiger partial charge in [-0.15, -0.1) is 0 Å². The number of aliphatic hydroxyl groups is 1. The van der Waals surface area contributed by atoms with Crippen LogP contribution in [0.1, 0.15) is 61.0 Å². The summed E-state index contributed by atoms with van der Waals surface area (Å²) in [5.74, 6) is -1.81. The van der Waals surface area contributed by atoms with Crippen molar-refractivity contribution in [3.8, 4) is 17.2 Å². The molecular formula is C30H32ClN3O7. The predicted octanol–water partition coefficient (Wildman–Crippen LogP) is 4.70. The first kappa shape index (κ1) is 28.6. The van der Waals surface area contributed by atoms with E-state index in [1.165, 1.54) is 26.5 Å². The number of nitrogens with zero attached hydrogens (tertiary/aromatic N) is 3. The van der Waals surface area contributed by atoms with Gasteiger partial charge in [0.1, 0.15) is 22.1 Å². The van der Waals surface area contributed by atoms with Crippen molar-refractivity contribution in [2.24, 2.45) is 10.9 Å². The van der Waals surface area contributed by atoms with Crippen LogP contribution in [0, 0.1) is 5.92 Å². The molecule has 1 amide bonds. The second kappa shape index (κ2) is 11.5. The number of ketones is 2. The average molecular weight is 582 g/mol. The van der Waals surface area contributed by atoms with Crippen LogP contribution in [0.25, 0.3) is 0 Å². The quantitative estimate of drug-likeness (QED) is 0.466. The number of hydrogen-bond donors (Lipinski definition) is 1. The Bertz CT molecular complexity index is 1440. The molecular weight excluding hydrogens is 550 g/mol. The number of rotatable bonds is 7. The number of pyridine rings is 1. The first-order valence-electron chi connectivity index (χ1n) is 13.6. The van der Waals surface area contributed by atoms with E-state index in [9.17, 15) is 19.5 Å². The van der Waals surface area contributed by atoms with Crippen LogP contribution in [-0.4, -0.2) is 71.6 Å². The van der Waals surface area contributed by atoms with Gasteiger partial charge >= 0.3 is 0 Å². The fourth-order valence-electron chi connectivity index (χ4n) is 5.92. The zero-order valence-electron chi connectivity index (χ0n) is 23.2. The van der Waals surface area contributed by atoms with Crippen LogP contribution in [0.5, 0.6) is 17.2 Å². The maximum Gasteiger partial charge on any atom is 0.231 e. The van der Waals surface area contributed by atoms with Crippen molar-refractivity contribution in [2.75, 3.05) is 27.3 Å². The van der Waals surface area contributed by atoms with E-state index in [2.05, 4.69) is 9.98 Å². The molecule has 216 valence electrons. The topological polar surface area (TPSA) is 128 Å². The highest BCUT2D eigenvalue weighted by Crippen LogP contribution is 2.54. The maximum absolute atomic E-state index is 13.8. The molecule has 3 atom stereocenters. The number of piperidine rings is 1. The molecule has 3 aliphatic rings. The highest BCUT2D eigenvalue weighted by atomic mass is 35.5. The number of carbonyl (C=O) groups is 3. The van der Waals surface area contributed by atoms with Crippen LogP contribution in [0.4, 0.5) is 0 Å².